The molecule has 0 atom stereocenters. The summed E-state index contributed by atoms with van der Waals surface area (Å²) in [4.78, 5) is 15.1. The van der Waals surface area contributed by atoms with Crippen molar-refractivity contribution in [1.82, 2.24) is 14.8 Å². The van der Waals surface area contributed by atoms with E-state index < -0.39 is 0 Å². The smallest absolute Gasteiger partial charge is 0.253 e. The predicted octanol–water partition coefficient (Wildman–Crippen LogP) is 3.10. The first-order valence-electron chi connectivity index (χ1n) is 9.22. The van der Waals surface area contributed by atoms with E-state index in [1.165, 1.54) is 11.1 Å². The zero-order valence-corrected chi connectivity index (χ0v) is 15.4. The van der Waals surface area contributed by atoms with Gasteiger partial charge in [0.1, 0.15) is 0 Å². The van der Waals surface area contributed by atoms with Crippen LogP contribution in [-0.4, -0.2) is 42.1 Å². The minimum Gasteiger partial charge on any atom is -0.349 e. The Bertz CT molecular complexity index is 916. The highest BCUT2D eigenvalue weighted by atomic mass is 16.1. The van der Waals surface area contributed by atoms with Crippen LogP contribution in [0.3, 0.4) is 0 Å². The molecule has 134 valence electrons. The summed E-state index contributed by atoms with van der Waals surface area (Å²) >= 11 is 0. The third-order valence-electron chi connectivity index (χ3n) is 5.21. The van der Waals surface area contributed by atoms with Crippen molar-refractivity contribution in [1.29, 1.82) is 0 Å². The number of carbonyl (C=O) groups is 1. The molecular weight excluding hydrogens is 322 g/mol. The number of nitrogens with one attached hydrogen (secondary N) is 1. The van der Waals surface area contributed by atoms with Gasteiger partial charge in [0.05, 0.1) is 5.56 Å². The molecule has 1 aliphatic rings. The second-order valence-corrected chi connectivity index (χ2v) is 7.40. The summed E-state index contributed by atoms with van der Waals surface area (Å²) in [6.45, 7) is 1.81. The van der Waals surface area contributed by atoms with Crippen LogP contribution in [0.4, 0.5) is 0 Å². The van der Waals surface area contributed by atoms with Gasteiger partial charge in [0.15, 0.2) is 0 Å². The van der Waals surface area contributed by atoms with E-state index >= 15 is 0 Å². The van der Waals surface area contributed by atoms with Crippen LogP contribution in [-0.2, 0) is 19.4 Å². The number of hydrogen-bond acceptors (Lipinski definition) is 2. The van der Waals surface area contributed by atoms with Crippen LogP contribution in [0.2, 0.25) is 0 Å². The number of amides is 1. The zero-order valence-electron chi connectivity index (χ0n) is 15.4. The summed E-state index contributed by atoms with van der Waals surface area (Å²) in [5, 5.41) is 4.28. The van der Waals surface area contributed by atoms with Crippen molar-refractivity contribution in [3.63, 3.8) is 0 Å². The van der Waals surface area contributed by atoms with Crippen LogP contribution < -0.4 is 5.32 Å². The number of nitrogens with zero attached hydrogens (tertiary/aromatic N) is 2. The number of rotatable bonds is 5. The fourth-order valence-corrected chi connectivity index (χ4v) is 3.84. The average Bonchev–Trinajstić information content (AvgIpc) is 3.20. The molecule has 0 saturated heterocycles. The van der Waals surface area contributed by atoms with Crippen molar-refractivity contribution >= 4 is 16.8 Å². The topological polar surface area (TPSA) is 37.3 Å². The molecule has 1 heterocycles. The van der Waals surface area contributed by atoms with Crippen LogP contribution in [0.1, 0.15) is 21.5 Å². The van der Waals surface area contributed by atoms with Gasteiger partial charge in [-0.3, -0.25) is 4.79 Å². The average molecular weight is 347 g/mol. The third kappa shape index (κ3) is 3.25. The van der Waals surface area contributed by atoms with Gasteiger partial charge in [0.25, 0.3) is 5.91 Å². The zero-order chi connectivity index (χ0) is 18.1. The van der Waals surface area contributed by atoms with Gasteiger partial charge in [0.2, 0.25) is 0 Å². The van der Waals surface area contributed by atoms with Crippen molar-refractivity contribution in [2.45, 2.75) is 25.4 Å². The molecule has 0 radical (unpaired) electrons. The van der Waals surface area contributed by atoms with E-state index in [0.29, 0.717) is 0 Å². The highest BCUT2D eigenvalue weighted by Crippen LogP contribution is 2.24. The lowest BCUT2D eigenvalue weighted by Crippen LogP contribution is -2.35. The summed E-state index contributed by atoms with van der Waals surface area (Å²) in [7, 11) is 4.13. The Morgan fingerprint density at radius 3 is 2.42 bits per heavy atom. The van der Waals surface area contributed by atoms with E-state index in [-0.39, 0.29) is 11.9 Å². The molecule has 0 bridgehead atoms. The maximum atomic E-state index is 13.0. The van der Waals surface area contributed by atoms with E-state index in [4.69, 9.17) is 0 Å². The molecular formula is C22H25N3O. The molecule has 4 nitrogen and oxygen atoms in total. The molecule has 3 aromatic rings. The lowest BCUT2D eigenvalue weighted by Gasteiger charge is -2.12. The molecule has 4 heteroatoms. The summed E-state index contributed by atoms with van der Waals surface area (Å²) in [6.07, 6.45) is 3.84. The van der Waals surface area contributed by atoms with Crippen LogP contribution in [0.25, 0.3) is 10.9 Å². The van der Waals surface area contributed by atoms with E-state index in [0.717, 1.165) is 42.4 Å². The molecule has 26 heavy (non-hydrogen) atoms. The number of benzene rings is 2. The molecule has 1 amide bonds. The Labute approximate surface area is 154 Å². The largest absolute Gasteiger partial charge is 0.349 e. The van der Waals surface area contributed by atoms with Gasteiger partial charge in [-0.15, -0.1) is 0 Å². The standard InChI is InChI=1S/C22H25N3O/c1-24(2)11-12-25-15-20(19-9-5-6-10-21(19)25)22(26)23-18-13-16-7-3-4-8-17(16)14-18/h3-10,15,18H,11-14H2,1-2H3,(H,23,26). The van der Waals surface area contributed by atoms with Crippen molar-refractivity contribution < 1.29 is 4.79 Å². The normalized spacial score (nSPS) is 14.1. The van der Waals surface area contributed by atoms with Gasteiger partial charge < -0.3 is 14.8 Å². The SMILES string of the molecule is CN(C)CCn1cc(C(=O)NC2Cc3ccccc3C2)c2ccccc21. The molecule has 4 rings (SSSR count). The van der Waals surface area contributed by atoms with Crippen LogP contribution in [0.15, 0.2) is 54.7 Å². The summed E-state index contributed by atoms with van der Waals surface area (Å²) in [5.41, 5.74) is 4.60. The monoisotopic (exact) mass is 347 g/mol. The second-order valence-electron chi connectivity index (χ2n) is 7.40. The van der Waals surface area contributed by atoms with Crippen LogP contribution in [0, 0.1) is 0 Å². The first-order chi connectivity index (χ1) is 12.6. The van der Waals surface area contributed by atoms with Gasteiger partial charge in [-0.25, -0.2) is 0 Å². The quantitative estimate of drug-likeness (QED) is 0.770. The molecule has 0 fully saturated rings. The molecule has 2 aromatic carbocycles. The molecule has 1 N–H and O–H groups in total. The number of carbonyl (C=O) groups excluding carboxylic acids is 1. The first-order valence-corrected chi connectivity index (χ1v) is 9.22. The molecule has 0 spiro atoms. The fraction of sp³-hybridized carbons (Fsp3) is 0.318. The minimum atomic E-state index is 0.0302. The van der Waals surface area contributed by atoms with Crippen molar-refractivity contribution in [2.24, 2.45) is 0 Å². The van der Waals surface area contributed by atoms with E-state index in [9.17, 15) is 4.79 Å². The Balaban J connectivity index is 1.55. The molecule has 0 saturated carbocycles. The molecule has 1 aliphatic carbocycles. The first kappa shape index (κ1) is 16.9. The maximum Gasteiger partial charge on any atom is 0.253 e. The Hall–Kier alpha value is -2.59. The number of hydrogen-bond donors (Lipinski definition) is 1. The molecule has 0 unspecified atom stereocenters. The van der Waals surface area contributed by atoms with E-state index in [1.54, 1.807) is 0 Å². The van der Waals surface area contributed by atoms with E-state index in [1.807, 2.05) is 24.4 Å². The summed E-state index contributed by atoms with van der Waals surface area (Å²) < 4.78 is 2.19. The minimum absolute atomic E-state index is 0.0302. The van der Waals surface area contributed by atoms with Gasteiger partial charge in [-0.05, 0) is 44.1 Å². The Kier molecular flexibility index (Phi) is 4.51. The predicted molar refractivity (Wildman–Crippen MR) is 106 cm³/mol. The molecule has 1 aromatic heterocycles. The highest BCUT2D eigenvalue weighted by Gasteiger charge is 2.24. The van der Waals surface area contributed by atoms with Crippen LogP contribution >= 0.6 is 0 Å². The summed E-state index contributed by atoms with van der Waals surface area (Å²) in [6, 6.07) is 16.8. The number of fused-ring (bicyclic) bond motifs is 2. The van der Waals surface area contributed by atoms with Gasteiger partial charge in [0, 0.05) is 36.2 Å². The number of para-hydroxylation sites is 1. The third-order valence-corrected chi connectivity index (χ3v) is 5.21. The Morgan fingerprint density at radius 2 is 1.73 bits per heavy atom. The number of aromatic nitrogens is 1. The van der Waals surface area contributed by atoms with Crippen molar-refractivity contribution in [3.05, 3.63) is 71.4 Å². The summed E-state index contributed by atoms with van der Waals surface area (Å²) in [5.74, 6) is 0.0302. The van der Waals surface area contributed by atoms with E-state index in [2.05, 4.69) is 59.2 Å². The van der Waals surface area contributed by atoms with Gasteiger partial charge >= 0.3 is 0 Å². The lowest BCUT2D eigenvalue weighted by atomic mass is 10.1. The van der Waals surface area contributed by atoms with Crippen molar-refractivity contribution in [3.8, 4) is 0 Å². The van der Waals surface area contributed by atoms with Crippen molar-refractivity contribution in [2.75, 3.05) is 20.6 Å². The van der Waals surface area contributed by atoms with Gasteiger partial charge in [-0.1, -0.05) is 42.5 Å². The molecule has 0 aliphatic heterocycles. The second kappa shape index (κ2) is 6.96. The number of likely N-dealkylation sites (N-methyl/N-ethyl adjacent to an activating group) is 1. The van der Waals surface area contributed by atoms with Crippen LogP contribution in [0.5, 0.6) is 0 Å². The fourth-order valence-electron chi connectivity index (χ4n) is 3.84. The highest BCUT2D eigenvalue weighted by molar-refractivity contribution is 6.07. The van der Waals surface area contributed by atoms with Gasteiger partial charge in [-0.2, -0.15) is 0 Å². The Morgan fingerprint density at radius 1 is 1.08 bits per heavy atom. The maximum absolute atomic E-state index is 13.0. The lowest BCUT2D eigenvalue weighted by molar-refractivity contribution is 0.0940.